The molecule has 2 aliphatic carbocycles. The third-order valence-electron chi connectivity index (χ3n) is 4.29. The minimum atomic E-state index is -0.859. The van der Waals surface area contributed by atoms with Gasteiger partial charge in [-0.3, -0.25) is 0 Å². The largest absolute Gasteiger partial charge is 0.184 e. The maximum atomic E-state index is 5.86. The molecule has 18 heavy (non-hydrogen) atoms. The van der Waals surface area contributed by atoms with Gasteiger partial charge in [0.05, 0.1) is 4.83 Å². The Morgan fingerprint density at radius 1 is 1.06 bits per heavy atom. The Hall–Kier alpha value is 1.54. The molecule has 0 aromatic rings. The number of halogens is 4. The fourth-order valence-corrected chi connectivity index (χ4v) is 3.34. The average molecular weight is 421 g/mol. The van der Waals surface area contributed by atoms with Gasteiger partial charge in [-0.1, -0.05) is 80.7 Å². The van der Waals surface area contributed by atoms with E-state index in [1.54, 1.807) is 0 Å². The van der Waals surface area contributed by atoms with E-state index in [2.05, 4.69) is 86.2 Å². The molecular weight excluding hydrogens is 399 g/mol. The molecule has 0 amide bonds. The van der Waals surface area contributed by atoms with Gasteiger partial charge in [-0.15, -0.1) is 0 Å². The Labute approximate surface area is 139 Å². The van der Waals surface area contributed by atoms with Gasteiger partial charge in [-0.2, -0.15) is 0 Å². The van der Waals surface area contributed by atoms with Crippen molar-refractivity contribution in [1.82, 2.24) is 0 Å². The second kappa shape index (κ2) is 5.07. The smallest absolute Gasteiger partial charge is 0.0875 e. The van der Waals surface area contributed by atoms with Gasteiger partial charge >= 0.3 is 0 Å². The second-order valence-electron chi connectivity index (χ2n) is 7.04. The molecule has 0 heterocycles. The van der Waals surface area contributed by atoms with E-state index in [9.17, 15) is 0 Å². The summed E-state index contributed by atoms with van der Waals surface area (Å²) in [6.45, 7) is 13.4. The highest BCUT2D eigenvalue weighted by Crippen LogP contribution is 2.61. The molecule has 0 aromatic heterocycles. The standard InChI is InChI=1S/C7H9Br2Cl2.C7H13/c1-6(2)3-4(6)5(8)7(9,10)11;1-6(2)5-7(6,3)4/h3-5H,1-2H3;5H,1-4H3. The van der Waals surface area contributed by atoms with E-state index in [0.29, 0.717) is 16.7 Å². The highest BCUT2D eigenvalue weighted by Gasteiger charge is 2.55. The van der Waals surface area contributed by atoms with Crippen molar-refractivity contribution < 1.29 is 0 Å². The van der Waals surface area contributed by atoms with Crippen LogP contribution in [0.25, 0.3) is 0 Å². The lowest BCUT2D eigenvalue weighted by Gasteiger charge is -2.19. The Kier molecular flexibility index (Phi) is 4.96. The lowest BCUT2D eigenvalue weighted by Crippen LogP contribution is -2.22. The number of hydrogen-bond acceptors (Lipinski definition) is 0. The van der Waals surface area contributed by atoms with Crippen molar-refractivity contribution in [2.45, 2.75) is 49.6 Å². The molecule has 106 valence electrons. The van der Waals surface area contributed by atoms with E-state index >= 15 is 0 Å². The van der Waals surface area contributed by atoms with Crippen LogP contribution in [0.4, 0.5) is 0 Å². The molecule has 2 aliphatic rings. The van der Waals surface area contributed by atoms with Crippen molar-refractivity contribution in [2.24, 2.45) is 22.2 Å². The normalized spacial score (nSPS) is 32.0. The monoisotopic (exact) mass is 418 g/mol. The zero-order chi connectivity index (χ0) is 14.6. The fourth-order valence-electron chi connectivity index (χ4n) is 1.95. The van der Waals surface area contributed by atoms with Gasteiger partial charge in [-0.25, -0.2) is 0 Å². The van der Waals surface area contributed by atoms with Gasteiger partial charge in [-0.05, 0) is 50.9 Å². The van der Waals surface area contributed by atoms with Crippen molar-refractivity contribution in [1.29, 1.82) is 0 Å². The number of alkyl halides is 4. The molecule has 2 saturated carbocycles. The molecule has 4 heteroatoms. The van der Waals surface area contributed by atoms with Crippen LogP contribution in [0.5, 0.6) is 0 Å². The SMILES string of the molecule is CC1(C)[CH]C1(C)C.CC1(C)[CH]C1C(Br)C(Cl)(Cl)Br. The van der Waals surface area contributed by atoms with Crippen LogP contribution >= 0.6 is 55.1 Å². The first-order valence-corrected chi connectivity index (χ1v) is 8.61. The maximum Gasteiger partial charge on any atom is 0.184 e. The molecule has 0 saturated heterocycles. The van der Waals surface area contributed by atoms with E-state index in [1.165, 1.54) is 0 Å². The van der Waals surface area contributed by atoms with Crippen molar-refractivity contribution in [3.63, 3.8) is 0 Å². The Bertz CT molecular complexity index is 304. The summed E-state index contributed by atoms with van der Waals surface area (Å²) in [7, 11) is 0. The summed E-state index contributed by atoms with van der Waals surface area (Å²) in [5.41, 5.74) is 1.32. The first-order valence-electron chi connectivity index (χ1n) is 6.15. The number of hydrogen-bond donors (Lipinski definition) is 0. The van der Waals surface area contributed by atoms with Crippen LogP contribution in [0, 0.1) is 35.0 Å². The second-order valence-corrected chi connectivity index (χ2v) is 11.6. The average Bonchev–Trinajstić information content (AvgIpc) is 2.84. The minimum absolute atomic E-state index is 0.0772. The van der Waals surface area contributed by atoms with E-state index in [-0.39, 0.29) is 10.2 Å². The maximum absolute atomic E-state index is 5.86. The summed E-state index contributed by atoms with van der Waals surface area (Å²) in [5, 5.41) is 0. The van der Waals surface area contributed by atoms with Gasteiger partial charge < -0.3 is 0 Å². The van der Waals surface area contributed by atoms with E-state index in [1.807, 2.05) is 0 Å². The topological polar surface area (TPSA) is 0 Å². The van der Waals surface area contributed by atoms with Gasteiger partial charge in [0, 0.05) is 0 Å². The molecule has 2 unspecified atom stereocenters. The molecule has 0 aromatic carbocycles. The molecule has 0 bridgehead atoms. The molecule has 0 nitrogen and oxygen atoms in total. The van der Waals surface area contributed by atoms with Gasteiger partial charge in [0.25, 0.3) is 0 Å². The van der Waals surface area contributed by atoms with Crippen molar-refractivity contribution in [2.75, 3.05) is 0 Å². The van der Waals surface area contributed by atoms with Crippen LogP contribution in [-0.4, -0.2) is 8.07 Å². The van der Waals surface area contributed by atoms with Crippen LogP contribution in [0.3, 0.4) is 0 Å². The summed E-state index contributed by atoms with van der Waals surface area (Å²) < 4.78 is -0.859. The highest BCUT2D eigenvalue weighted by molar-refractivity contribution is 9.13. The Morgan fingerprint density at radius 2 is 1.33 bits per heavy atom. The number of rotatable bonds is 2. The van der Waals surface area contributed by atoms with Gasteiger partial charge in [0.15, 0.2) is 3.24 Å². The third-order valence-corrected chi connectivity index (χ3v) is 7.65. The van der Waals surface area contributed by atoms with E-state index in [0.717, 1.165) is 0 Å². The molecule has 2 fully saturated rings. The first-order chi connectivity index (χ1) is 7.71. The van der Waals surface area contributed by atoms with E-state index < -0.39 is 3.24 Å². The predicted molar refractivity (Wildman–Crippen MR) is 89.5 cm³/mol. The van der Waals surface area contributed by atoms with Crippen LogP contribution in [0.1, 0.15) is 41.5 Å². The van der Waals surface area contributed by atoms with Crippen molar-refractivity contribution in [3.8, 4) is 0 Å². The van der Waals surface area contributed by atoms with Crippen LogP contribution in [0.2, 0.25) is 0 Å². The molecule has 2 rings (SSSR count). The first kappa shape index (κ1) is 17.6. The summed E-state index contributed by atoms with van der Waals surface area (Å²) in [4.78, 5) is 0.0772. The minimum Gasteiger partial charge on any atom is -0.0875 e. The molecular formula is C14H22Br2Cl2. The summed E-state index contributed by atoms with van der Waals surface area (Å²) in [5.74, 6) is 0.455. The predicted octanol–water partition coefficient (Wildman–Crippen LogP) is 6.39. The van der Waals surface area contributed by atoms with Crippen molar-refractivity contribution in [3.05, 3.63) is 12.8 Å². The lowest BCUT2D eigenvalue weighted by molar-refractivity contribution is 0.457. The Morgan fingerprint density at radius 3 is 1.39 bits per heavy atom. The molecule has 2 atom stereocenters. The lowest BCUT2D eigenvalue weighted by atomic mass is 10.0. The highest BCUT2D eigenvalue weighted by atomic mass is 79.9. The van der Waals surface area contributed by atoms with Crippen molar-refractivity contribution >= 4 is 55.1 Å². The summed E-state index contributed by atoms with van der Waals surface area (Å²) in [6, 6.07) is 0. The van der Waals surface area contributed by atoms with Crippen LogP contribution in [-0.2, 0) is 0 Å². The Balaban J connectivity index is 0.000000199. The zero-order valence-corrected chi connectivity index (χ0v) is 16.5. The summed E-state index contributed by atoms with van der Waals surface area (Å²) >= 11 is 18.4. The summed E-state index contributed by atoms with van der Waals surface area (Å²) in [6.07, 6.45) is 4.60. The third kappa shape index (κ3) is 4.27. The fraction of sp³-hybridized carbons (Fsp3) is 0.857. The van der Waals surface area contributed by atoms with E-state index in [4.69, 9.17) is 23.2 Å². The molecule has 0 N–H and O–H groups in total. The van der Waals surface area contributed by atoms with Crippen LogP contribution in [0.15, 0.2) is 0 Å². The van der Waals surface area contributed by atoms with Crippen LogP contribution < -0.4 is 0 Å². The molecule has 2 radical (unpaired) electrons. The van der Waals surface area contributed by atoms with Gasteiger partial charge in [0.1, 0.15) is 0 Å². The molecule has 0 spiro atoms. The molecule has 0 aliphatic heterocycles. The quantitative estimate of drug-likeness (QED) is 0.454. The zero-order valence-electron chi connectivity index (χ0n) is 11.8. The van der Waals surface area contributed by atoms with Gasteiger partial charge in [0.2, 0.25) is 0 Å².